The number of carbonyl (C=O) groups excluding carboxylic acids is 1. The third-order valence-electron chi connectivity index (χ3n) is 4.09. The van der Waals surface area contributed by atoms with Gasteiger partial charge in [-0.1, -0.05) is 12.1 Å². The number of furan rings is 1. The molecule has 1 aromatic carbocycles. The minimum Gasteiger partial charge on any atom is -0.464 e. The molecule has 2 N–H and O–H groups in total. The fourth-order valence-electron chi connectivity index (χ4n) is 2.88. The third kappa shape index (κ3) is 3.43. The molecule has 0 saturated carbocycles. The molecule has 2 heterocycles. The number of hydrogen-bond acceptors (Lipinski definition) is 4. The molecule has 3 rings (SSSR count). The second kappa shape index (κ2) is 6.52. The van der Waals surface area contributed by atoms with E-state index in [1.54, 1.807) is 24.1 Å². The summed E-state index contributed by atoms with van der Waals surface area (Å²) in [4.78, 5) is 14.4. The van der Waals surface area contributed by atoms with Crippen LogP contribution >= 0.6 is 0 Å². The third-order valence-corrected chi connectivity index (χ3v) is 4.09. The Bertz CT molecular complexity index is 683. The number of nitrogens with one attached hydrogen (secondary N) is 2. The summed E-state index contributed by atoms with van der Waals surface area (Å²) in [6.07, 6.45) is 0. The standard InChI is InChI=1S/C17H20FN3O2/c1-11-3-8-14(23-11)10-21(2)17(22)15-9-19-20-16(15)12-4-6-13(18)7-5-12/h3-8,15-16,19-20H,9-10H2,1-2H3. The number of amides is 1. The molecule has 0 radical (unpaired) electrons. The zero-order chi connectivity index (χ0) is 16.4. The van der Waals surface area contributed by atoms with Gasteiger partial charge in [-0.2, -0.15) is 0 Å². The Balaban J connectivity index is 1.71. The van der Waals surface area contributed by atoms with E-state index in [4.69, 9.17) is 4.42 Å². The molecular weight excluding hydrogens is 297 g/mol. The van der Waals surface area contributed by atoms with Crippen LogP contribution in [0.15, 0.2) is 40.8 Å². The van der Waals surface area contributed by atoms with Crippen LogP contribution in [0.25, 0.3) is 0 Å². The van der Waals surface area contributed by atoms with Crippen molar-refractivity contribution in [2.45, 2.75) is 19.5 Å². The first-order valence-corrected chi connectivity index (χ1v) is 7.59. The molecule has 2 aromatic rings. The SMILES string of the molecule is Cc1ccc(CN(C)C(=O)C2CNNC2c2ccc(F)cc2)o1. The molecule has 0 spiro atoms. The zero-order valence-electron chi connectivity index (χ0n) is 13.2. The van der Waals surface area contributed by atoms with Crippen molar-refractivity contribution in [3.63, 3.8) is 0 Å². The minimum atomic E-state index is -0.284. The number of nitrogens with zero attached hydrogens (tertiary/aromatic N) is 1. The van der Waals surface area contributed by atoms with E-state index in [2.05, 4.69) is 10.9 Å². The van der Waals surface area contributed by atoms with Crippen LogP contribution in [-0.4, -0.2) is 24.4 Å². The predicted octanol–water partition coefficient (Wildman–Crippen LogP) is 2.15. The lowest BCUT2D eigenvalue weighted by atomic mass is 9.93. The fraction of sp³-hybridized carbons (Fsp3) is 0.353. The van der Waals surface area contributed by atoms with Crippen LogP contribution in [0.1, 0.15) is 23.1 Å². The quantitative estimate of drug-likeness (QED) is 0.907. The molecule has 2 unspecified atom stereocenters. The molecule has 0 bridgehead atoms. The van der Waals surface area contributed by atoms with Crippen LogP contribution in [-0.2, 0) is 11.3 Å². The Hall–Kier alpha value is -2.18. The molecule has 1 aliphatic heterocycles. The largest absolute Gasteiger partial charge is 0.464 e. The first-order chi connectivity index (χ1) is 11.0. The van der Waals surface area contributed by atoms with Crippen LogP contribution in [0.4, 0.5) is 4.39 Å². The molecule has 1 amide bonds. The van der Waals surface area contributed by atoms with Gasteiger partial charge in [0, 0.05) is 13.6 Å². The van der Waals surface area contributed by atoms with E-state index in [0.29, 0.717) is 13.1 Å². The summed E-state index contributed by atoms with van der Waals surface area (Å²) >= 11 is 0. The number of hydrogen-bond donors (Lipinski definition) is 2. The van der Waals surface area contributed by atoms with Gasteiger partial charge in [-0.15, -0.1) is 0 Å². The maximum absolute atomic E-state index is 13.1. The Morgan fingerprint density at radius 3 is 2.70 bits per heavy atom. The van der Waals surface area contributed by atoms with Crippen molar-refractivity contribution in [3.8, 4) is 0 Å². The highest BCUT2D eigenvalue weighted by molar-refractivity contribution is 5.80. The molecule has 1 saturated heterocycles. The number of rotatable bonds is 4. The number of hydrazine groups is 1. The lowest BCUT2D eigenvalue weighted by molar-refractivity contribution is -0.134. The summed E-state index contributed by atoms with van der Waals surface area (Å²) in [6.45, 7) is 2.84. The molecule has 6 heteroatoms. The Labute approximate surface area is 134 Å². The maximum Gasteiger partial charge on any atom is 0.229 e. The molecule has 1 aromatic heterocycles. The van der Waals surface area contributed by atoms with Crippen molar-refractivity contribution in [1.29, 1.82) is 0 Å². The molecular formula is C17H20FN3O2. The topological polar surface area (TPSA) is 57.5 Å². The first kappa shape index (κ1) is 15.7. The monoisotopic (exact) mass is 317 g/mol. The molecule has 122 valence electrons. The summed E-state index contributed by atoms with van der Waals surface area (Å²) in [7, 11) is 1.76. The van der Waals surface area contributed by atoms with Gasteiger partial charge in [0.15, 0.2) is 0 Å². The van der Waals surface area contributed by atoms with Crippen molar-refractivity contribution in [1.82, 2.24) is 15.8 Å². The van der Waals surface area contributed by atoms with Gasteiger partial charge >= 0.3 is 0 Å². The molecule has 5 nitrogen and oxygen atoms in total. The Morgan fingerprint density at radius 1 is 1.30 bits per heavy atom. The van der Waals surface area contributed by atoms with Gasteiger partial charge in [0.05, 0.1) is 18.5 Å². The second-order valence-electron chi connectivity index (χ2n) is 5.87. The average Bonchev–Trinajstić information content (AvgIpc) is 3.16. The van der Waals surface area contributed by atoms with Crippen LogP contribution in [0.2, 0.25) is 0 Å². The summed E-state index contributed by atoms with van der Waals surface area (Å²) in [6, 6.07) is 9.81. The molecule has 1 aliphatic rings. The normalized spacial score (nSPS) is 20.7. The van der Waals surface area contributed by atoms with Crippen molar-refractivity contribution in [2.75, 3.05) is 13.6 Å². The fourth-order valence-corrected chi connectivity index (χ4v) is 2.88. The molecule has 0 aliphatic carbocycles. The van der Waals surface area contributed by atoms with E-state index in [1.807, 2.05) is 19.1 Å². The van der Waals surface area contributed by atoms with Crippen LogP contribution in [0, 0.1) is 18.7 Å². The molecule has 23 heavy (non-hydrogen) atoms. The van der Waals surface area contributed by atoms with Gasteiger partial charge in [-0.3, -0.25) is 10.2 Å². The number of benzene rings is 1. The van der Waals surface area contributed by atoms with E-state index in [0.717, 1.165) is 17.1 Å². The van der Waals surface area contributed by atoms with Crippen molar-refractivity contribution in [3.05, 3.63) is 59.3 Å². The van der Waals surface area contributed by atoms with E-state index in [-0.39, 0.29) is 23.7 Å². The summed E-state index contributed by atoms with van der Waals surface area (Å²) in [5.41, 5.74) is 7.01. The predicted molar refractivity (Wildman–Crippen MR) is 83.7 cm³/mol. The van der Waals surface area contributed by atoms with Gasteiger partial charge in [-0.05, 0) is 36.8 Å². The summed E-state index contributed by atoms with van der Waals surface area (Å²) < 4.78 is 18.6. The van der Waals surface area contributed by atoms with Crippen LogP contribution in [0.3, 0.4) is 0 Å². The number of aryl methyl sites for hydroxylation is 1. The molecule has 1 fully saturated rings. The summed E-state index contributed by atoms with van der Waals surface area (Å²) in [5.74, 6) is 1.07. The second-order valence-corrected chi connectivity index (χ2v) is 5.87. The van der Waals surface area contributed by atoms with E-state index in [9.17, 15) is 9.18 Å². The average molecular weight is 317 g/mol. The van der Waals surface area contributed by atoms with E-state index in [1.165, 1.54) is 12.1 Å². The van der Waals surface area contributed by atoms with Gasteiger partial charge < -0.3 is 9.32 Å². The Kier molecular flexibility index (Phi) is 4.45. The lowest BCUT2D eigenvalue weighted by Gasteiger charge is -2.24. The zero-order valence-corrected chi connectivity index (χ0v) is 13.2. The van der Waals surface area contributed by atoms with Crippen molar-refractivity contribution in [2.24, 2.45) is 5.92 Å². The highest BCUT2D eigenvalue weighted by atomic mass is 19.1. The van der Waals surface area contributed by atoms with E-state index < -0.39 is 0 Å². The first-order valence-electron chi connectivity index (χ1n) is 7.59. The smallest absolute Gasteiger partial charge is 0.229 e. The number of carbonyl (C=O) groups is 1. The molecule has 2 atom stereocenters. The van der Waals surface area contributed by atoms with Crippen LogP contribution < -0.4 is 10.9 Å². The van der Waals surface area contributed by atoms with Crippen molar-refractivity contribution >= 4 is 5.91 Å². The van der Waals surface area contributed by atoms with E-state index >= 15 is 0 Å². The highest BCUT2D eigenvalue weighted by Crippen LogP contribution is 2.27. The van der Waals surface area contributed by atoms with Gasteiger partial charge in [0.2, 0.25) is 5.91 Å². The van der Waals surface area contributed by atoms with Crippen LogP contribution in [0.5, 0.6) is 0 Å². The lowest BCUT2D eigenvalue weighted by Crippen LogP contribution is -2.36. The Morgan fingerprint density at radius 2 is 2.04 bits per heavy atom. The minimum absolute atomic E-state index is 0.0193. The summed E-state index contributed by atoms with van der Waals surface area (Å²) in [5, 5.41) is 0. The van der Waals surface area contributed by atoms with Gasteiger partial charge in [0.1, 0.15) is 17.3 Å². The van der Waals surface area contributed by atoms with Gasteiger partial charge in [-0.25, -0.2) is 9.82 Å². The van der Waals surface area contributed by atoms with Crippen molar-refractivity contribution < 1.29 is 13.6 Å². The number of halogens is 1. The highest BCUT2D eigenvalue weighted by Gasteiger charge is 2.35. The van der Waals surface area contributed by atoms with Gasteiger partial charge in [0.25, 0.3) is 0 Å². The maximum atomic E-state index is 13.1.